The summed E-state index contributed by atoms with van der Waals surface area (Å²) in [5.74, 6) is -0.0298. The van der Waals surface area contributed by atoms with E-state index in [1.165, 1.54) is 4.90 Å². The maximum Gasteiger partial charge on any atom is 0.305 e. The van der Waals surface area contributed by atoms with E-state index in [1.54, 1.807) is 36.5 Å². The molecule has 0 atom stereocenters. The van der Waals surface area contributed by atoms with Gasteiger partial charge in [-0.05, 0) is 61.5 Å². The van der Waals surface area contributed by atoms with Crippen molar-refractivity contribution in [1.29, 1.82) is 5.41 Å². The fourth-order valence-electron chi connectivity index (χ4n) is 3.89. The number of ether oxygens (including phenoxy) is 1. The van der Waals surface area contributed by atoms with Crippen molar-refractivity contribution in [1.82, 2.24) is 14.5 Å². The molecule has 0 saturated heterocycles. The van der Waals surface area contributed by atoms with E-state index in [0.717, 1.165) is 17.0 Å². The number of imidazole rings is 1. The third kappa shape index (κ3) is 6.46. The molecule has 0 unspecified atom stereocenters. The number of carbonyl (C=O) groups is 2. The number of pyridine rings is 1. The molecule has 2 aromatic carbocycles. The van der Waals surface area contributed by atoms with E-state index in [-0.39, 0.29) is 37.2 Å². The lowest BCUT2D eigenvalue weighted by molar-refractivity contribution is -0.136. The smallest absolute Gasteiger partial charge is 0.305 e. The molecule has 198 valence electrons. The first-order chi connectivity index (χ1) is 17.9. The molecule has 11 heteroatoms. The monoisotopic (exact) mass is 536 g/mol. The van der Waals surface area contributed by atoms with Crippen molar-refractivity contribution in [2.45, 2.75) is 19.9 Å². The maximum atomic E-state index is 13.3. The largest absolute Gasteiger partial charge is 0.481 e. The summed E-state index contributed by atoms with van der Waals surface area (Å²) in [5.41, 5.74) is 3.50. The highest BCUT2D eigenvalue weighted by Gasteiger charge is 2.21. The van der Waals surface area contributed by atoms with E-state index in [9.17, 15) is 9.59 Å². The first kappa shape index (κ1) is 28.1. The standard InChI is InChI=1S/C27H28N6O4.ClH/c1-3-37-26(28)18-7-10-20(11-8-18)30-17-24-31-21-16-19(9-12-22(21)32(24)2)27(36)33(15-13-25(34)35)23-6-4-5-14-29-23;/h4-12,14,16,28,30H,3,13,15,17H2,1-2H3,(H,34,35);1H. The van der Waals surface area contributed by atoms with Crippen molar-refractivity contribution in [2.24, 2.45) is 7.05 Å². The Kier molecular flexibility index (Phi) is 9.39. The number of benzene rings is 2. The van der Waals surface area contributed by atoms with Gasteiger partial charge in [0.05, 0.1) is 30.6 Å². The van der Waals surface area contributed by atoms with Crippen molar-refractivity contribution in [3.63, 3.8) is 0 Å². The Morgan fingerprint density at radius 1 is 1.11 bits per heavy atom. The molecule has 2 heterocycles. The molecule has 4 rings (SSSR count). The van der Waals surface area contributed by atoms with Gasteiger partial charge in [-0.15, -0.1) is 12.4 Å². The molecule has 2 aromatic heterocycles. The molecule has 0 spiro atoms. The van der Waals surface area contributed by atoms with E-state index in [4.69, 9.17) is 20.2 Å². The van der Waals surface area contributed by atoms with Crippen LogP contribution >= 0.6 is 12.4 Å². The third-order valence-corrected chi connectivity index (χ3v) is 5.83. The highest BCUT2D eigenvalue weighted by molar-refractivity contribution is 6.07. The first-order valence-corrected chi connectivity index (χ1v) is 11.8. The number of nitrogens with one attached hydrogen (secondary N) is 2. The van der Waals surface area contributed by atoms with Gasteiger partial charge < -0.3 is 19.7 Å². The summed E-state index contributed by atoms with van der Waals surface area (Å²) in [6, 6.07) is 17.8. The maximum absolute atomic E-state index is 13.3. The van der Waals surface area contributed by atoms with Gasteiger partial charge in [0.25, 0.3) is 5.91 Å². The van der Waals surface area contributed by atoms with Gasteiger partial charge in [0.15, 0.2) is 0 Å². The van der Waals surface area contributed by atoms with Crippen LogP contribution in [0.4, 0.5) is 11.5 Å². The summed E-state index contributed by atoms with van der Waals surface area (Å²) >= 11 is 0. The topological polar surface area (TPSA) is 133 Å². The molecule has 0 aliphatic carbocycles. The Balaban J connectivity index is 0.00000400. The van der Waals surface area contributed by atoms with Crippen molar-refractivity contribution >= 4 is 52.7 Å². The molecule has 38 heavy (non-hydrogen) atoms. The molecule has 0 aliphatic rings. The highest BCUT2D eigenvalue weighted by Crippen LogP contribution is 2.21. The first-order valence-electron chi connectivity index (χ1n) is 11.8. The zero-order valence-corrected chi connectivity index (χ0v) is 21.9. The fourth-order valence-corrected chi connectivity index (χ4v) is 3.89. The van der Waals surface area contributed by atoms with E-state index < -0.39 is 5.97 Å². The molecule has 3 N–H and O–H groups in total. The average Bonchev–Trinajstić information content (AvgIpc) is 3.23. The van der Waals surface area contributed by atoms with Crippen LogP contribution in [0.25, 0.3) is 11.0 Å². The molecule has 4 aromatic rings. The van der Waals surface area contributed by atoms with Crippen molar-refractivity contribution in [3.05, 3.63) is 83.8 Å². The van der Waals surface area contributed by atoms with E-state index in [0.29, 0.717) is 35.6 Å². The Labute approximate surface area is 226 Å². The van der Waals surface area contributed by atoms with Gasteiger partial charge in [-0.25, -0.2) is 9.97 Å². The van der Waals surface area contributed by atoms with Gasteiger partial charge in [0.1, 0.15) is 11.6 Å². The minimum absolute atomic E-state index is 0. The summed E-state index contributed by atoms with van der Waals surface area (Å²) in [6.07, 6.45) is 1.37. The van der Waals surface area contributed by atoms with E-state index in [2.05, 4.69) is 10.3 Å². The van der Waals surface area contributed by atoms with Crippen LogP contribution in [-0.2, 0) is 23.1 Å². The zero-order valence-electron chi connectivity index (χ0n) is 21.0. The summed E-state index contributed by atoms with van der Waals surface area (Å²) in [7, 11) is 1.91. The van der Waals surface area contributed by atoms with Crippen molar-refractivity contribution < 1.29 is 19.4 Å². The molecule has 0 fully saturated rings. The lowest BCUT2D eigenvalue weighted by atomic mass is 10.1. The second-order valence-electron chi connectivity index (χ2n) is 8.27. The Morgan fingerprint density at radius 2 is 1.84 bits per heavy atom. The number of carboxylic acid groups (broad SMARTS) is 1. The van der Waals surface area contributed by atoms with Crippen LogP contribution in [0.1, 0.15) is 35.1 Å². The minimum atomic E-state index is -0.992. The van der Waals surface area contributed by atoms with Crippen LogP contribution in [0.5, 0.6) is 0 Å². The molecule has 0 aliphatic heterocycles. The number of halogens is 1. The third-order valence-electron chi connectivity index (χ3n) is 5.83. The number of aliphatic carboxylic acids is 1. The second-order valence-corrected chi connectivity index (χ2v) is 8.27. The van der Waals surface area contributed by atoms with Crippen LogP contribution < -0.4 is 10.2 Å². The van der Waals surface area contributed by atoms with E-state index in [1.807, 2.05) is 48.9 Å². The lowest BCUT2D eigenvalue weighted by Crippen LogP contribution is -2.33. The Hall–Kier alpha value is -4.44. The Morgan fingerprint density at radius 3 is 2.50 bits per heavy atom. The van der Waals surface area contributed by atoms with Crippen LogP contribution in [0, 0.1) is 5.41 Å². The lowest BCUT2D eigenvalue weighted by Gasteiger charge is -2.21. The van der Waals surface area contributed by atoms with Crippen LogP contribution in [-0.4, -0.2) is 50.6 Å². The Bertz CT molecular complexity index is 1420. The number of carbonyl (C=O) groups excluding carboxylic acids is 1. The van der Waals surface area contributed by atoms with E-state index >= 15 is 0 Å². The summed E-state index contributed by atoms with van der Waals surface area (Å²) in [6.45, 7) is 2.75. The SMILES string of the molecule is CCOC(=N)c1ccc(NCc2nc3cc(C(=O)N(CCC(=O)O)c4ccccn4)ccc3n2C)cc1.Cl. The quantitative estimate of drug-likeness (QED) is 0.201. The molecule has 0 bridgehead atoms. The number of anilines is 2. The summed E-state index contributed by atoms with van der Waals surface area (Å²) in [4.78, 5) is 34.8. The van der Waals surface area contributed by atoms with Crippen molar-refractivity contribution in [3.8, 4) is 0 Å². The molecule has 0 saturated carbocycles. The predicted octanol–water partition coefficient (Wildman–Crippen LogP) is 4.49. The van der Waals surface area contributed by atoms with Crippen LogP contribution in [0.3, 0.4) is 0 Å². The molecular weight excluding hydrogens is 508 g/mol. The highest BCUT2D eigenvalue weighted by atomic mass is 35.5. The number of hydrogen-bond donors (Lipinski definition) is 3. The molecule has 1 amide bonds. The number of fused-ring (bicyclic) bond motifs is 1. The number of nitrogens with zero attached hydrogens (tertiary/aromatic N) is 4. The number of amides is 1. The minimum Gasteiger partial charge on any atom is -0.481 e. The van der Waals surface area contributed by atoms with Gasteiger partial charge in [0, 0.05) is 36.6 Å². The van der Waals surface area contributed by atoms with Crippen LogP contribution in [0.2, 0.25) is 0 Å². The van der Waals surface area contributed by atoms with Gasteiger partial charge >= 0.3 is 5.97 Å². The van der Waals surface area contributed by atoms with Gasteiger partial charge in [0.2, 0.25) is 5.90 Å². The number of aromatic nitrogens is 3. The van der Waals surface area contributed by atoms with Crippen molar-refractivity contribution in [2.75, 3.05) is 23.4 Å². The number of rotatable bonds is 10. The average molecular weight is 537 g/mol. The molecular formula is C27H29ClN6O4. The van der Waals surface area contributed by atoms with Gasteiger partial charge in [-0.1, -0.05) is 6.07 Å². The number of aryl methyl sites for hydroxylation is 1. The summed E-state index contributed by atoms with van der Waals surface area (Å²) < 4.78 is 7.18. The van der Waals surface area contributed by atoms with Gasteiger partial charge in [-0.2, -0.15) is 0 Å². The fraction of sp³-hybridized carbons (Fsp3) is 0.222. The normalized spacial score (nSPS) is 10.5. The number of carboxylic acids is 1. The summed E-state index contributed by atoms with van der Waals surface area (Å²) in [5, 5.41) is 20.3. The molecule has 0 radical (unpaired) electrons. The molecule has 10 nitrogen and oxygen atoms in total. The number of hydrogen-bond acceptors (Lipinski definition) is 7. The predicted molar refractivity (Wildman–Crippen MR) is 148 cm³/mol. The van der Waals surface area contributed by atoms with Gasteiger partial charge in [-0.3, -0.25) is 19.9 Å². The second kappa shape index (κ2) is 12.7. The zero-order chi connectivity index (χ0) is 26.4. The van der Waals surface area contributed by atoms with Crippen LogP contribution in [0.15, 0.2) is 66.9 Å².